The molecular formula is C5H5N5O3. The monoisotopic (exact) mass is 183 g/mol. The fraction of sp³-hybridized carbons (Fsp3) is 0. The van der Waals surface area contributed by atoms with Gasteiger partial charge in [-0.05, 0) is 0 Å². The van der Waals surface area contributed by atoms with Crippen LogP contribution in [0.1, 0.15) is 0 Å². The van der Waals surface area contributed by atoms with Crippen molar-refractivity contribution in [3.63, 3.8) is 0 Å². The van der Waals surface area contributed by atoms with Crippen LogP contribution in [0.2, 0.25) is 0 Å². The van der Waals surface area contributed by atoms with Crippen LogP contribution in [0.25, 0.3) is 0 Å². The largest absolute Gasteiger partial charge is 0.379 e. The van der Waals surface area contributed by atoms with Gasteiger partial charge >= 0.3 is 11.4 Å². The van der Waals surface area contributed by atoms with Crippen LogP contribution in [-0.4, -0.2) is 25.1 Å². The number of H-pyrrole nitrogens is 3. The third kappa shape index (κ3) is 1.36. The summed E-state index contributed by atoms with van der Waals surface area (Å²) in [5.41, 5.74) is -1.32. The van der Waals surface area contributed by atoms with Gasteiger partial charge in [0.2, 0.25) is 5.88 Å². The molecule has 0 spiro atoms. The zero-order valence-electron chi connectivity index (χ0n) is 6.27. The van der Waals surface area contributed by atoms with E-state index in [4.69, 9.17) is 4.84 Å². The third-order valence-corrected chi connectivity index (χ3v) is 1.27. The Kier molecular flexibility index (Phi) is 1.51. The molecule has 0 saturated heterocycles. The minimum atomic E-state index is -0.681. The first-order valence-electron chi connectivity index (χ1n) is 3.35. The van der Waals surface area contributed by atoms with E-state index in [0.29, 0.717) is 4.85 Å². The number of hydrogen-bond acceptors (Lipinski definition) is 4. The van der Waals surface area contributed by atoms with E-state index < -0.39 is 11.4 Å². The number of hydrogen-bond donors (Lipinski definition) is 3. The number of nitrogens with zero attached hydrogens (tertiary/aromatic N) is 2. The van der Waals surface area contributed by atoms with E-state index >= 15 is 0 Å². The number of aromatic nitrogens is 5. The van der Waals surface area contributed by atoms with Gasteiger partial charge in [0.1, 0.15) is 0 Å². The van der Waals surface area contributed by atoms with E-state index in [1.54, 1.807) is 0 Å². The van der Waals surface area contributed by atoms with Gasteiger partial charge in [-0.1, -0.05) is 4.85 Å². The summed E-state index contributed by atoms with van der Waals surface area (Å²) < 4.78 is 0. The molecule has 2 aromatic rings. The number of nitrogens with one attached hydrogen (secondary N) is 3. The van der Waals surface area contributed by atoms with E-state index in [9.17, 15) is 9.59 Å². The van der Waals surface area contributed by atoms with E-state index in [1.165, 1.54) is 12.3 Å². The Hall–Kier alpha value is -2.25. The minimum Gasteiger partial charge on any atom is -0.335 e. The van der Waals surface area contributed by atoms with Gasteiger partial charge < -0.3 is 4.84 Å². The molecule has 0 radical (unpaired) electrons. The van der Waals surface area contributed by atoms with Gasteiger partial charge in [0, 0.05) is 6.07 Å². The first kappa shape index (κ1) is 7.40. The first-order valence-corrected chi connectivity index (χ1v) is 3.35. The molecule has 0 fully saturated rings. The molecule has 68 valence electrons. The predicted molar refractivity (Wildman–Crippen MR) is 40.3 cm³/mol. The highest BCUT2D eigenvalue weighted by molar-refractivity contribution is 5.03. The van der Waals surface area contributed by atoms with Crippen molar-refractivity contribution in [2.45, 2.75) is 0 Å². The standard InChI is InChI=1S/C5H5N5O3/c11-4-7-5(12)10(9-4)13-3-1-2-6-8-3/h1-2H,(H,6,8)(H2,7,9,11,12). The molecule has 0 unspecified atom stereocenters. The highest BCUT2D eigenvalue weighted by Crippen LogP contribution is 2.00. The predicted octanol–water partition coefficient (Wildman–Crippen LogP) is -1.57. The first-order chi connectivity index (χ1) is 6.25. The molecule has 8 nitrogen and oxygen atoms in total. The Balaban J connectivity index is 2.33. The molecule has 0 aliphatic rings. The second-order valence-corrected chi connectivity index (χ2v) is 2.18. The Morgan fingerprint density at radius 3 is 2.85 bits per heavy atom. The van der Waals surface area contributed by atoms with Gasteiger partial charge in [-0.25, -0.2) is 19.8 Å². The highest BCUT2D eigenvalue weighted by atomic mass is 16.7. The molecule has 0 bridgehead atoms. The number of aromatic amines is 3. The second kappa shape index (κ2) is 2.66. The van der Waals surface area contributed by atoms with Crippen LogP contribution in [0, 0.1) is 0 Å². The maximum absolute atomic E-state index is 10.9. The third-order valence-electron chi connectivity index (χ3n) is 1.27. The van der Waals surface area contributed by atoms with Crippen LogP contribution < -0.4 is 16.2 Å². The second-order valence-electron chi connectivity index (χ2n) is 2.18. The lowest BCUT2D eigenvalue weighted by Crippen LogP contribution is -2.22. The summed E-state index contributed by atoms with van der Waals surface area (Å²) in [7, 11) is 0. The van der Waals surface area contributed by atoms with Crippen molar-refractivity contribution in [1.29, 1.82) is 0 Å². The van der Waals surface area contributed by atoms with Gasteiger partial charge in [-0.2, -0.15) is 5.10 Å². The summed E-state index contributed by atoms with van der Waals surface area (Å²) in [6.45, 7) is 0. The van der Waals surface area contributed by atoms with E-state index in [-0.39, 0.29) is 5.88 Å². The topological polar surface area (TPSA) is 109 Å². The van der Waals surface area contributed by atoms with Crippen molar-refractivity contribution >= 4 is 0 Å². The lowest BCUT2D eigenvalue weighted by Gasteiger charge is -1.97. The van der Waals surface area contributed by atoms with Crippen molar-refractivity contribution in [3.05, 3.63) is 33.2 Å². The van der Waals surface area contributed by atoms with Crippen LogP contribution >= 0.6 is 0 Å². The quantitative estimate of drug-likeness (QED) is 0.522. The zero-order chi connectivity index (χ0) is 9.26. The molecule has 8 heteroatoms. The average Bonchev–Trinajstić information content (AvgIpc) is 2.63. The fourth-order valence-electron chi connectivity index (χ4n) is 0.775. The summed E-state index contributed by atoms with van der Waals surface area (Å²) in [5, 5.41) is 8.15. The van der Waals surface area contributed by atoms with Crippen LogP contribution in [0.3, 0.4) is 0 Å². The average molecular weight is 183 g/mol. The summed E-state index contributed by atoms with van der Waals surface area (Å²) in [4.78, 5) is 29.0. The Morgan fingerprint density at radius 1 is 1.46 bits per heavy atom. The van der Waals surface area contributed by atoms with Crippen molar-refractivity contribution in [2.24, 2.45) is 0 Å². The molecule has 0 aliphatic heterocycles. The van der Waals surface area contributed by atoms with Gasteiger partial charge in [0.05, 0.1) is 6.20 Å². The molecule has 2 rings (SSSR count). The van der Waals surface area contributed by atoms with Gasteiger partial charge in [-0.15, -0.1) is 0 Å². The van der Waals surface area contributed by atoms with Crippen LogP contribution in [0.15, 0.2) is 21.9 Å². The number of rotatable bonds is 2. The lowest BCUT2D eigenvalue weighted by molar-refractivity contribution is 0.159. The molecule has 0 aromatic carbocycles. The SMILES string of the molecule is O=c1[nH]c(=O)n(Oc2ccn[nH]2)[nH]1. The zero-order valence-corrected chi connectivity index (χ0v) is 6.27. The van der Waals surface area contributed by atoms with Crippen LogP contribution in [0.4, 0.5) is 0 Å². The Labute approximate surface area is 70.1 Å². The summed E-state index contributed by atoms with van der Waals surface area (Å²) >= 11 is 0. The van der Waals surface area contributed by atoms with Crippen LogP contribution in [-0.2, 0) is 0 Å². The van der Waals surface area contributed by atoms with Crippen LogP contribution in [0.5, 0.6) is 5.88 Å². The highest BCUT2D eigenvalue weighted by Gasteiger charge is 2.01. The van der Waals surface area contributed by atoms with Gasteiger partial charge in [0.15, 0.2) is 0 Å². The maximum Gasteiger partial charge on any atom is 0.379 e. The molecule has 0 saturated carbocycles. The molecule has 3 N–H and O–H groups in total. The normalized spacial score (nSPS) is 10.2. The molecule has 2 aromatic heterocycles. The van der Waals surface area contributed by atoms with Gasteiger partial charge in [-0.3, -0.25) is 4.98 Å². The Morgan fingerprint density at radius 2 is 2.31 bits per heavy atom. The fourth-order valence-corrected chi connectivity index (χ4v) is 0.775. The summed E-state index contributed by atoms with van der Waals surface area (Å²) in [6.07, 6.45) is 1.45. The van der Waals surface area contributed by atoms with E-state index in [0.717, 1.165) is 0 Å². The van der Waals surface area contributed by atoms with Crippen molar-refractivity contribution < 1.29 is 4.84 Å². The van der Waals surface area contributed by atoms with Gasteiger partial charge in [0.25, 0.3) is 0 Å². The molecule has 0 amide bonds. The maximum atomic E-state index is 10.9. The minimum absolute atomic E-state index is 0.248. The van der Waals surface area contributed by atoms with E-state index in [2.05, 4.69) is 15.3 Å². The molecule has 13 heavy (non-hydrogen) atoms. The van der Waals surface area contributed by atoms with Crippen molar-refractivity contribution in [1.82, 2.24) is 25.1 Å². The molecule has 0 aliphatic carbocycles. The molecule has 2 heterocycles. The summed E-state index contributed by atoms with van der Waals surface area (Å²) in [6, 6.07) is 1.50. The van der Waals surface area contributed by atoms with Crippen molar-refractivity contribution in [2.75, 3.05) is 0 Å². The smallest absolute Gasteiger partial charge is 0.335 e. The van der Waals surface area contributed by atoms with E-state index in [1.807, 2.05) is 4.98 Å². The van der Waals surface area contributed by atoms with Crippen molar-refractivity contribution in [3.8, 4) is 5.88 Å². The molecule has 0 atom stereocenters. The summed E-state index contributed by atoms with van der Waals surface area (Å²) in [5.74, 6) is 0.248. The molecular weight excluding hydrogens is 178 g/mol. The Bertz CT molecular complexity index is 489. The lowest BCUT2D eigenvalue weighted by atomic mass is 10.7.